The van der Waals surface area contributed by atoms with Crippen molar-refractivity contribution in [2.75, 3.05) is 26.2 Å². The first-order valence-corrected chi connectivity index (χ1v) is 6.48. The SMILES string of the molecule is CCCNS(=O)(=O)N1CCN[C@H](C)C1.Cl. The van der Waals surface area contributed by atoms with E-state index in [2.05, 4.69) is 10.0 Å². The normalized spacial score (nSPS) is 23.5. The number of hydrogen-bond acceptors (Lipinski definition) is 3. The quantitative estimate of drug-likeness (QED) is 0.742. The Labute approximate surface area is 98.2 Å². The van der Waals surface area contributed by atoms with E-state index in [1.807, 2.05) is 13.8 Å². The third-order valence-corrected chi connectivity index (χ3v) is 3.79. The van der Waals surface area contributed by atoms with Crippen LogP contribution < -0.4 is 10.0 Å². The van der Waals surface area contributed by atoms with Crippen LogP contribution in [-0.4, -0.2) is 44.9 Å². The van der Waals surface area contributed by atoms with Crippen molar-refractivity contribution in [3.05, 3.63) is 0 Å². The van der Waals surface area contributed by atoms with Gasteiger partial charge in [0.25, 0.3) is 10.2 Å². The fourth-order valence-corrected chi connectivity index (χ4v) is 2.83. The molecule has 5 nitrogen and oxygen atoms in total. The molecule has 0 spiro atoms. The smallest absolute Gasteiger partial charge is 0.279 e. The molecule has 0 unspecified atom stereocenters. The van der Waals surface area contributed by atoms with Gasteiger partial charge in [-0.05, 0) is 13.3 Å². The van der Waals surface area contributed by atoms with Crippen LogP contribution in [0.25, 0.3) is 0 Å². The van der Waals surface area contributed by atoms with Gasteiger partial charge in [-0.3, -0.25) is 0 Å². The van der Waals surface area contributed by atoms with Crippen molar-refractivity contribution >= 4 is 22.6 Å². The van der Waals surface area contributed by atoms with Crippen LogP contribution in [0.15, 0.2) is 0 Å². The highest BCUT2D eigenvalue weighted by molar-refractivity contribution is 7.87. The van der Waals surface area contributed by atoms with Crippen LogP contribution in [0.4, 0.5) is 0 Å². The first-order chi connectivity index (χ1) is 6.56. The molecule has 0 aromatic carbocycles. The summed E-state index contributed by atoms with van der Waals surface area (Å²) in [7, 11) is -3.24. The minimum atomic E-state index is -3.24. The molecule has 0 aliphatic carbocycles. The molecule has 1 atom stereocenters. The maximum atomic E-state index is 11.7. The molecular weight excluding hydrogens is 238 g/mol. The topological polar surface area (TPSA) is 61.4 Å². The largest absolute Gasteiger partial charge is 0.312 e. The Bertz CT molecular complexity index is 271. The van der Waals surface area contributed by atoms with Crippen molar-refractivity contribution in [1.82, 2.24) is 14.3 Å². The van der Waals surface area contributed by atoms with Crippen LogP contribution in [-0.2, 0) is 10.2 Å². The molecule has 1 fully saturated rings. The van der Waals surface area contributed by atoms with Gasteiger partial charge in [-0.25, -0.2) is 4.72 Å². The second-order valence-corrected chi connectivity index (χ2v) is 5.37. The van der Waals surface area contributed by atoms with Gasteiger partial charge in [-0.1, -0.05) is 6.92 Å². The van der Waals surface area contributed by atoms with Crippen LogP contribution in [0.3, 0.4) is 0 Å². The summed E-state index contributed by atoms with van der Waals surface area (Å²) in [5.74, 6) is 0. The first-order valence-electron chi connectivity index (χ1n) is 5.04. The summed E-state index contributed by atoms with van der Waals surface area (Å²) in [4.78, 5) is 0. The van der Waals surface area contributed by atoms with Crippen LogP contribution in [0.2, 0.25) is 0 Å². The molecule has 7 heteroatoms. The Morgan fingerprint density at radius 1 is 1.53 bits per heavy atom. The predicted molar refractivity (Wildman–Crippen MR) is 63.5 cm³/mol. The first kappa shape index (κ1) is 15.1. The lowest BCUT2D eigenvalue weighted by Gasteiger charge is -2.30. The molecule has 1 heterocycles. The predicted octanol–water partition coefficient (Wildman–Crippen LogP) is -0.0537. The second kappa shape index (κ2) is 6.65. The molecule has 1 saturated heterocycles. The summed E-state index contributed by atoms with van der Waals surface area (Å²) in [5.41, 5.74) is 0. The van der Waals surface area contributed by atoms with Gasteiger partial charge in [0, 0.05) is 32.2 Å². The molecular formula is C8H20ClN3O2S. The lowest BCUT2D eigenvalue weighted by Crippen LogP contribution is -2.54. The van der Waals surface area contributed by atoms with Gasteiger partial charge < -0.3 is 5.32 Å². The van der Waals surface area contributed by atoms with Gasteiger partial charge in [0.05, 0.1) is 0 Å². The number of piperazine rings is 1. The lowest BCUT2D eigenvalue weighted by atomic mass is 10.3. The van der Waals surface area contributed by atoms with Gasteiger partial charge in [0.15, 0.2) is 0 Å². The maximum Gasteiger partial charge on any atom is 0.279 e. The Balaban J connectivity index is 0.00000196. The Morgan fingerprint density at radius 2 is 2.20 bits per heavy atom. The molecule has 1 aliphatic rings. The molecule has 0 aromatic heterocycles. The van der Waals surface area contributed by atoms with Crippen LogP contribution >= 0.6 is 12.4 Å². The summed E-state index contributed by atoms with van der Waals surface area (Å²) in [6, 6.07) is 0.238. The lowest BCUT2D eigenvalue weighted by molar-refractivity contribution is 0.306. The molecule has 1 aliphatic heterocycles. The van der Waals surface area contributed by atoms with Crippen LogP contribution in [0.1, 0.15) is 20.3 Å². The van der Waals surface area contributed by atoms with Gasteiger partial charge >= 0.3 is 0 Å². The number of nitrogens with zero attached hydrogens (tertiary/aromatic N) is 1. The second-order valence-electron chi connectivity index (χ2n) is 3.61. The van der Waals surface area contributed by atoms with E-state index in [-0.39, 0.29) is 18.4 Å². The van der Waals surface area contributed by atoms with E-state index in [9.17, 15) is 8.42 Å². The minimum Gasteiger partial charge on any atom is -0.312 e. The maximum absolute atomic E-state index is 11.7. The number of hydrogen-bond donors (Lipinski definition) is 2. The van der Waals surface area contributed by atoms with E-state index in [1.165, 1.54) is 4.31 Å². The fraction of sp³-hybridized carbons (Fsp3) is 1.00. The summed E-state index contributed by atoms with van der Waals surface area (Å²) in [5, 5.41) is 3.21. The molecule has 1 rings (SSSR count). The van der Waals surface area contributed by atoms with E-state index < -0.39 is 10.2 Å². The number of halogens is 1. The molecule has 0 amide bonds. The Hall–Kier alpha value is 0.120. The van der Waals surface area contributed by atoms with E-state index in [1.54, 1.807) is 0 Å². The van der Waals surface area contributed by atoms with Crippen molar-refractivity contribution in [2.24, 2.45) is 0 Å². The number of nitrogens with one attached hydrogen (secondary N) is 2. The molecule has 0 radical (unpaired) electrons. The van der Waals surface area contributed by atoms with Crippen molar-refractivity contribution in [3.8, 4) is 0 Å². The van der Waals surface area contributed by atoms with Gasteiger partial charge in [-0.15, -0.1) is 12.4 Å². The Kier molecular flexibility index (Phi) is 6.70. The molecule has 0 saturated carbocycles. The van der Waals surface area contributed by atoms with Crippen molar-refractivity contribution in [3.63, 3.8) is 0 Å². The van der Waals surface area contributed by atoms with Crippen molar-refractivity contribution in [1.29, 1.82) is 0 Å². The van der Waals surface area contributed by atoms with Gasteiger partial charge in [0.2, 0.25) is 0 Å². The summed E-state index contributed by atoms with van der Waals surface area (Å²) in [6.07, 6.45) is 0.820. The standard InChI is InChI=1S/C8H19N3O2S.ClH/c1-3-4-10-14(12,13)11-6-5-9-8(2)7-11;/h8-10H,3-7H2,1-2H3;1H/t8-;/m1./s1. The highest BCUT2D eigenvalue weighted by Crippen LogP contribution is 2.03. The molecule has 2 N–H and O–H groups in total. The van der Waals surface area contributed by atoms with Crippen LogP contribution in [0, 0.1) is 0 Å². The zero-order valence-corrected chi connectivity index (χ0v) is 10.8. The highest BCUT2D eigenvalue weighted by atomic mass is 35.5. The summed E-state index contributed by atoms with van der Waals surface area (Å²) < 4.78 is 27.4. The van der Waals surface area contributed by atoms with E-state index in [4.69, 9.17) is 0 Å². The number of rotatable bonds is 4. The highest BCUT2D eigenvalue weighted by Gasteiger charge is 2.25. The Morgan fingerprint density at radius 3 is 2.73 bits per heavy atom. The third kappa shape index (κ3) is 4.65. The third-order valence-electron chi connectivity index (χ3n) is 2.21. The van der Waals surface area contributed by atoms with E-state index >= 15 is 0 Å². The zero-order chi connectivity index (χ0) is 10.6. The summed E-state index contributed by atoms with van der Waals surface area (Å²) in [6.45, 7) is 6.29. The molecule has 92 valence electrons. The average Bonchev–Trinajstić information content (AvgIpc) is 2.15. The summed E-state index contributed by atoms with van der Waals surface area (Å²) >= 11 is 0. The van der Waals surface area contributed by atoms with E-state index in [0.29, 0.717) is 19.6 Å². The van der Waals surface area contributed by atoms with Crippen molar-refractivity contribution < 1.29 is 8.42 Å². The zero-order valence-electron chi connectivity index (χ0n) is 9.19. The molecule has 15 heavy (non-hydrogen) atoms. The minimum absolute atomic E-state index is 0. The monoisotopic (exact) mass is 257 g/mol. The van der Waals surface area contributed by atoms with Gasteiger partial charge in [-0.2, -0.15) is 12.7 Å². The molecule has 0 bridgehead atoms. The van der Waals surface area contributed by atoms with Crippen LogP contribution in [0.5, 0.6) is 0 Å². The van der Waals surface area contributed by atoms with Crippen molar-refractivity contribution in [2.45, 2.75) is 26.3 Å². The average molecular weight is 258 g/mol. The van der Waals surface area contributed by atoms with E-state index in [0.717, 1.165) is 13.0 Å². The molecule has 0 aromatic rings. The van der Waals surface area contributed by atoms with Gasteiger partial charge in [0.1, 0.15) is 0 Å². The fourth-order valence-electron chi connectivity index (χ4n) is 1.44.